The fourth-order valence-corrected chi connectivity index (χ4v) is 4.83. The summed E-state index contributed by atoms with van der Waals surface area (Å²) >= 11 is 1.48. The van der Waals surface area contributed by atoms with Gasteiger partial charge in [-0.3, -0.25) is 9.78 Å². The highest BCUT2D eigenvalue weighted by Crippen LogP contribution is 2.15. The normalized spacial score (nSPS) is 11.2. The number of nitrogens with one attached hydrogen (secondary N) is 2. The van der Waals surface area contributed by atoms with Gasteiger partial charge in [-0.15, -0.1) is 11.3 Å². The molecule has 0 unspecified atom stereocenters. The van der Waals surface area contributed by atoms with Crippen molar-refractivity contribution >= 4 is 27.3 Å². The molecule has 0 fully saturated rings. The average molecular weight is 494 g/mol. The minimum Gasteiger partial charge on any atom is -0.489 e. The van der Waals surface area contributed by atoms with Crippen molar-refractivity contribution in [3.63, 3.8) is 0 Å². The summed E-state index contributed by atoms with van der Waals surface area (Å²) in [6, 6.07) is 20.9. The molecule has 0 aliphatic carbocycles. The summed E-state index contributed by atoms with van der Waals surface area (Å²) in [7, 11) is -3.65. The fourth-order valence-electron chi connectivity index (χ4n) is 3.09. The van der Waals surface area contributed by atoms with Crippen LogP contribution in [0.1, 0.15) is 26.4 Å². The Kier molecular flexibility index (Phi) is 7.69. The molecule has 2 heterocycles. The number of aromatic nitrogens is 1. The second-order valence-electron chi connectivity index (χ2n) is 7.40. The van der Waals surface area contributed by atoms with E-state index >= 15 is 0 Å². The number of carbonyl (C=O) groups excluding carboxylic acids is 1. The van der Waals surface area contributed by atoms with Crippen molar-refractivity contribution < 1.29 is 17.9 Å². The van der Waals surface area contributed by atoms with Gasteiger partial charge in [-0.2, -0.15) is 0 Å². The smallest absolute Gasteiger partial charge is 0.251 e. The zero-order chi connectivity index (χ0) is 23.8. The van der Waals surface area contributed by atoms with Gasteiger partial charge in [0.05, 0.1) is 4.90 Å². The molecule has 0 spiro atoms. The van der Waals surface area contributed by atoms with Gasteiger partial charge < -0.3 is 10.1 Å². The van der Waals surface area contributed by atoms with E-state index in [1.165, 1.54) is 35.6 Å². The third kappa shape index (κ3) is 6.50. The monoisotopic (exact) mass is 493 g/mol. The number of nitrogens with zero attached hydrogens (tertiary/aromatic N) is 1. The van der Waals surface area contributed by atoms with Crippen LogP contribution in [-0.4, -0.2) is 19.3 Å². The molecular weight excluding hydrogens is 470 g/mol. The molecule has 2 aromatic carbocycles. The van der Waals surface area contributed by atoms with Gasteiger partial charge in [0.25, 0.3) is 5.91 Å². The summed E-state index contributed by atoms with van der Waals surface area (Å²) in [5, 5.41) is 4.73. The van der Waals surface area contributed by atoms with Crippen LogP contribution in [-0.2, 0) is 29.7 Å². The van der Waals surface area contributed by atoms with Gasteiger partial charge in [-0.1, -0.05) is 24.3 Å². The Bertz CT molecular complexity index is 1310. The maximum atomic E-state index is 12.5. The van der Waals surface area contributed by atoms with Gasteiger partial charge in [-0.25, -0.2) is 13.1 Å². The Morgan fingerprint density at radius 3 is 2.38 bits per heavy atom. The second-order valence-corrected chi connectivity index (χ2v) is 10.2. The number of rotatable bonds is 10. The first-order chi connectivity index (χ1) is 16.5. The lowest BCUT2D eigenvalue weighted by molar-refractivity contribution is 0.0951. The van der Waals surface area contributed by atoms with Gasteiger partial charge >= 0.3 is 0 Å². The van der Waals surface area contributed by atoms with Crippen molar-refractivity contribution in [3.05, 3.63) is 112 Å². The number of pyridine rings is 1. The van der Waals surface area contributed by atoms with Crippen LogP contribution in [0.25, 0.3) is 0 Å². The largest absolute Gasteiger partial charge is 0.489 e. The maximum absolute atomic E-state index is 12.5. The van der Waals surface area contributed by atoms with Gasteiger partial charge in [-0.05, 0) is 59.5 Å². The molecule has 0 saturated carbocycles. The number of ether oxygens (including phenoxy) is 1. The number of thiophene rings is 1. The van der Waals surface area contributed by atoms with E-state index < -0.39 is 10.0 Å². The molecule has 9 heteroatoms. The van der Waals surface area contributed by atoms with Crippen LogP contribution < -0.4 is 14.8 Å². The zero-order valence-corrected chi connectivity index (χ0v) is 19.8. The summed E-state index contributed by atoms with van der Waals surface area (Å²) in [5.41, 5.74) is 2.28. The van der Waals surface area contributed by atoms with E-state index in [9.17, 15) is 13.2 Å². The van der Waals surface area contributed by atoms with E-state index in [0.717, 1.165) is 21.8 Å². The van der Waals surface area contributed by atoms with Crippen molar-refractivity contribution in [3.8, 4) is 5.75 Å². The topological polar surface area (TPSA) is 97.4 Å². The Morgan fingerprint density at radius 2 is 1.71 bits per heavy atom. The summed E-state index contributed by atoms with van der Waals surface area (Å²) in [6.07, 6.45) is 3.47. The van der Waals surface area contributed by atoms with E-state index in [4.69, 9.17) is 4.74 Å². The minimum absolute atomic E-state index is 0.113. The molecule has 34 heavy (non-hydrogen) atoms. The lowest BCUT2D eigenvalue weighted by Crippen LogP contribution is -2.24. The highest BCUT2D eigenvalue weighted by atomic mass is 32.2. The zero-order valence-electron chi connectivity index (χ0n) is 18.2. The summed E-state index contributed by atoms with van der Waals surface area (Å²) < 4.78 is 33.2. The number of hydrogen-bond donors (Lipinski definition) is 2. The maximum Gasteiger partial charge on any atom is 0.251 e. The van der Waals surface area contributed by atoms with Crippen LogP contribution in [0.3, 0.4) is 0 Å². The lowest BCUT2D eigenvalue weighted by Gasteiger charge is -2.09. The van der Waals surface area contributed by atoms with Crippen LogP contribution in [0.4, 0.5) is 0 Å². The molecule has 0 atom stereocenters. The first-order valence-electron chi connectivity index (χ1n) is 10.5. The Labute approximate surface area is 202 Å². The Balaban J connectivity index is 1.27. The van der Waals surface area contributed by atoms with Crippen LogP contribution in [0, 0.1) is 0 Å². The SMILES string of the molecule is O=C(NCc1ccc(OCc2cccnc2)cc1)c1ccc(S(=O)(=O)NCc2cccs2)cc1. The number of hydrogen-bond acceptors (Lipinski definition) is 6. The second kappa shape index (κ2) is 11.1. The Morgan fingerprint density at radius 1 is 0.912 bits per heavy atom. The first kappa shape index (κ1) is 23.6. The predicted octanol–water partition coefficient (Wildman–Crippen LogP) is 4.13. The number of carbonyl (C=O) groups is 1. The predicted molar refractivity (Wildman–Crippen MR) is 131 cm³/mol. The van der Waals surface area contributed by atoms with E-state index in [1.807, 2.05) is 53.9 Å². The molecule has 2 aromatic heterocycles. The molecule has 0 bridgehead atoms. The number of amides is 1. The molecule has 4 rings (SSSR count). The molecule has 2 N–H and O–H groups in total. The van der Waals surface area contributed by atoms with Crippen molar-refractivity contribution in [2.75, 3.05) is 0 Å². The van der Waals surface area contributed by atoms with Crippen LogP contribution in [0.5, 0.6) is 5.75 Å². The number of benzene rings is 2. The third-order valence-electron chi connectivity index (χ3n) is 4.95. The van der Waals surface area contributed by atoms with Crippen molar-refractivity contribution in [2.24, 2.45) is 0 Å². The van der Waals surface area contributed by atoms with Gasteiger partial charge in [0, 0.05) is 41.5 Å². The quantitative estimate of drug-likeness (QED) is 0.346. The minimum atomic E-state index is -3.65. The van der Waals surface area contributed by atoms with E-state index in [-0.39, 0.29) is 17.3 Å². The fraction of sp³-hybridized carbons (Fsp3) is 0.120. The van der Waals surface area contributed by atoms with Gasteiger partial charge in [0.2, 0.25) is 10.0 Å². The molecule has 0 saturated heterocycles. The average Bonchev–Trinajstić information content (AvgIpc) is 3.40. The summed E-state index contributed by atoms with van der Waals surface area (Å²) in [4.78, 5) is 17.6. The standard InChI is InChI=1S/C25H23N3O4S2/c29-25(21-7-11-24(12-8-21)34(30,31)28-17-23-4-2-14-33-23)27-16-19-5-9-22(10-6-19)32-18-20-3-1-13-26-15-20/h1-15,28H,16-18H2,(H,27,29). The van der Waals surface area contributed by atoms with Crippen molar-refractivity contribution in [1.29, 1.82) is 0 Å². The third-order valence-corrected chi connectivity index (χ3v) is 7.24. The van der Waals surface area contributed by atoms with Gasteiger partial charge in [0.1, 0.15) is 12.4 Å². The van der Waals surface area contributed by atoms with Crippen LogP contribution in [0.15, 0.2) is 95.5 Å². The van der Waals surface area contributed by atoms with Crippen molar-refractivity contribution in [1.82, 2.24) is 15.0 Å². The van der Waals surface area contributed by atoms with Crippen molar-refractivity contribution in [2.45, 2.75) is 24.6 Å². The van der Waals surface area contributed by atoms with Crippen LogP contribution in [0.2, 0.25) is 0 Å². The summed E-state index contributed by atoms with van der Waals surface area (Å²) in [6.45, 7) is 0.999. The molecule has 7 nitrogen and oxygen atoms in total. The molecule has 1 amide bonds. The first-order valence-corrected chi connectivity index (χ1v) is 12.9. The molecule has 0 aliphatic heterocycles. The van der Waals surface area contributed by atoms with Crippen LogP contribution >= 0.6 is 11.3 Å². The highest BCUT2D eigenvalue weighted by molar-refractivity contribution is 7.89. The summed E-state index contributed by atoms with van der Waals surface area (Å²) in [5.74, 6) is 0.441. The molecule has 4 aromatic rings. The number of sulfonamides is 1. The molecule has 0 aliphatic rings. The van der Waals surface area contributed by atoms with Gasteiger partial charge in [0.15, 0.2) is 0 Å². The Hall–Kier alpha value is -3.53. The van der Waals surface area contributed by atoms with E-state index in [2.05, 4.69) is 15.0 Å². The molecule has 0 radical (unpaired) electrons. The highest BCUT2D eigenvalue weighted by Gasteiger charge is 2.15. The molecular formula is C25H23N3O4S2. The van der Waals surface area contributed by atoms with E-state index in [0.29, 0.717) is 18.7 Å². The molecule has 174 valence electrons. The lowest BCUT2D eigenvalue weighted by atomic mass is 10.2. The van der Waals surface area contributed by atoms with E-state index in [1.54, 1.807) is 12.4 Å².